The van der Waals surface area contributed by atoms with Crippen LogP contribution in [0.3, 0.4) is 0 Å². The Morgan fingerprint density at radius 3 is 2.39 bits per heavy atom. The van der Waals surface area contributed by atoms with E-state index in [4.69, 9.17) is 4.74 Å². The van der Waals surface area contributed by atoms with E-state index in [1.54, 1.807) is 25.3 Å². The Hall–Kier alpha value is -3.74. The minimum Gasteiger partial charge on any atom is -0.497 e. The zero-order chi connectivity index (χ0) is 21.6. The molecule has 2 aromatic carbocycles. The van der Waals surface area contributed by atoms with E-state index in [1.807, 2.05) is 41.3 Å². The highest BCUT2D eigenvalue weighted by atomic mass is 19.1. The summed E-state index contributed by atoms with van der Waals surface area (Å²) < 4.78 is 18.3. The maximum atomic E-state index is 13.2. The van der Waals surface area contributed by atoms with E-state index >= 15 is 0 Å². The molecule has 3 aromatic rings. The minimum atomic E-state index is -0.278. The number of methoxy groups -OCH3 is 1. The van der Waals surface area contributed by atoms with Gasteiger partial charge in [0.2, 0.25) is 5.91 Å². The van der Waals surface area contributed by atoms with E-state index < -0.39 is 0 Å². The Morgan fingerprint density at radius 2 is 1.71 bits per heavy atom. The van der Waals surface area contributed by atoms with E-state index in [1.165, 1.54) is 18.5 Å². The van der Waals surface area contributed by atoms with E-state index in [0.717, 1.165) is 28.4 Å². The van der Waals surface area contributed by atoms with Gasteiger partial charge in [-0.3, -0.25) is 4.79 Å². The van der Waals surface area contributed by atoms with Crippen LogP contribution < -0.4 is 9.64 Å². The third-order valence-electron chi connectivity index (χ3n) is 5.24. The smallest absolute Gasteiger partial charge is 0.246 e. The fraction of sp³-hybridized carbons (Fsp3) is 0.208. The molecule has 0 aliphatic carbocycles. The number of hydrogen-bond acceptors (Lipinski definition) is 5. The monoisotopic (exact) mass is 418 g/mol. The van der Waals surface area contributed by atoms with Crippen molar-refractivity contribution in [3.05, 3.63) is 78.4 Å². The molecule has 1 saturated heterocycles. The summed E-state index contributed by atoms with van der Waals surface area (Å²) in [6, 6.07) is 15.7. The van der Waals surface area contributed by atoms with E-state index in [0.29, 0.717) is 26.2 Å². The molecule has 0 unspecified atom stereocenters. The number of halogens is 1. The lowest BCUT2D eigenvalue weighted by Crippen LogP contribution is -2.48. The summed E-state index contributed by atoms with van der Waals surface area (Å²) in [6.07, 6.45) is 4.94. The van der Waals surface area contributed by atoms with Crippen LogP contribution in [0.15, 0.2) is 67.0 Å². The van der Waals surface area contributed by atoms with Crippen LogP contribution >= 0.6 is 0 Å². The summed E-state index contributed by atoms with van der Waals surface area (Å²) in [5.41, 5.74) is 2.52. The molecule has 0 spiro atoms. The fourth-order valence-corrected chi connectivity index (χ4v) is 3.44. The number of nitrogens with zero attached hydrogens (tertiary/aromatic N) is 4. The molecule has 0 atom stereocenters. The number of piperazine rings is 1. The van der Waals surface area contributed by atoms with E-state index in [9.17, 15) is 9.18 Å². The van der Waals surface area contributed by atoms with E-state index in [-0.39, 0.29) is 11.7 Å². The van der Waals surface area contributed by atoms with Crippen molar-refractivity contribution in [3.63, 3.8) is 0 Å². The Morgan fingerprint density at radius 1 is 1.00 bits per heavy atom. The molecule has 6 nitrogen and oxygen atoms in total. The summed E-state index contributed by atoms with van der Waals surface area (Å²) in [5, 5.41) is 0. The quantitative estimate of drug-likeness (QED) is 0.592. The molecule has 0 saturated carbocycles. The van der Waals surface area contributed by atoms with Crippen molar-refractivity contribution in [3.8, 4) is 17.0 Å². The number of carbonyl (C=O) groups excluding carboxylic acids is 1. The average molecular weight is 418 g/mol. The molecule has 1 fully saturated rings. The van der Waals surface area contributed by atoms with Crippen molar-refractivity contribution in [1.82, 2.24) is 14.9 Å². The van der Waals surface area contributed by atoms with Gasteiger partial charge in [0.15, 0.2) is 0 Å². The molecule has 1 aromatic heterocycles. The summed E-state index contributed by atoms with van der Waals surface area (Å²) >= 11 is 0. The molecule has 7 heteroatoms. The number of aromatic nitrogens is 2. The summed E-state index contributed by atoms with van der Waals surface area (Å²) in [6.45, 7) is 2.59. The van der Waals surface area contributed by atoms with Gasteiger partial charge in [0, 0.05) is 43.9 Å². The third-order valence-corrected chi connectivity index (χ3v) is 5.24. The second-order valence-corrected chi connectivity index (χ2v) is 7.19. The zero-order valence-electron chi connectivity index (χ0n) is 17.2. The highest BCUT2D eigenvalue weighted by Gasteiger charge is 2.21. The normalized spacial score (nSPS) is 14.1. The van der Waals surface area contributed by atoms with Crippen LogP contribution in [0.2, 0.25) is 0 Å². The topological polar surface area (TPSA) is 58.6 Å². The highest BCUT2D eigenvalue weighted by molar-refractivity contribution is 5.92. The first kappa shape index (κ1) is 20.5. The third kappa shape index (κ3) is 5.06. The van der Waals surface area contributed by atoms with Crippen LogP contribution in [0, 0.1) is 5.82 Å². The first-order valence-electron chi connectivity index (χ1n) is 10.1. The summed E-state index contributed by atoms with van der Waals surface area (Å²) in [5.74, 6) is 1.30. The van der Waals surface area contributed by atoms with Gasteiger partial charge < -0.3 is 14.5 Å². The first-order valence-corrected chi connectivity index (χ1v) is 10.1. The zero-order valence-corrected chi connectivity index (χ0v) is 17.2. The van der Waals surface area contributed by atoms with Crippen molar-refractivity contribution in [2.75, 3.05) is 38.2 Å². The molecule has 0 radical (unpaired) electrons. The van der Waals surface area contributed by atoms with Gasteiger partial charge in [-0.1, -0.05) is 12.1 Å². The molecule has 0 N–H and O–H groups in total. The van der Waals surface area contributed by atoms with Gasteiger partial charge in [0.25, 0.3) is 0 Å². The molecule has 31 heavy (non-hydrogen) atoms. The van der Waals surface area contributed by atoms with Gasteiger partial charge in [-0.2, -0.15) is 0 Å². The lowest BCUT2D eigenvalue weighted by Gasteiger charge is -2.35. The Bertz CT molecular complexity index is 1060. The first-order chi connectivity index (χ1) is 15.1. The number of amides is 1. The largest absolute Gasteiger partial charge is 0.497 e. The van der Waals surface area contributed by atoms with Crippen LogP contribution in [-0.2, 0) is 4.79 Å². The Labute approximate surface area is 180 Å². The molecular weight excluding hydrogens is 395 g/mol. The van der Waals surface area contributed by atoms with Crippen molar-refractivity contribution < 1.29 is 13.9 Å². The van der Waals surface area contributed by atoms with Crippen molar-refractivity contribution in [2.45, 2.75) is 0 Å². The molecule has 1 amide bonds. The number of hydrogen-bond donors (Lipinski definition) is 0. The minimum absolute atomic E-state index is 0.00911. The highest BCUT2D eigenvalue weighted by Crippen LogP contribution is 2.22. The maximum absolute atomic E-state index is 13.2. The molecule has 158 valence electrons. The van der Waals surface area contributed by atoms with Crippen LogP contribution in [0.4, 0.5) is 10.2 Å². The fourth-order valence-electron chi connectivity index (χ4n) is 3.44. The van der Waals surface area contributed by atoms with Gasteiger partial charge in [-0.05, 0) is 48.0 Å². The number of rotatable bonds is 5. The average Bonchev–Trinajstić information content (AvgIpc) is 2.83. The van der Waals surface area contributed by atoms with Crippen LogP contribution in [0.1, 0.15) is 5.56 Å². The lowest BCUT2D eigenvalue weighted by molar-refractivity contribution is -0.126. The maximum Gasteiger partial charge on any atom is 0.246 e. The van der Waals surface area contributed by atoms with Gasteiger partial charge in [-0.15, -0.1) is 0 Å². The molecule has 1 aliphatic heterocycles. The second kappa shape index (κ2) is 9.38. The summed E-state index contributed by atoms with van der Waals surface area (Å²) in [7, 11) is 1.62. The Kier molecular flexibility index (Phi) is 6.21. The van der Waals surface area contributed by atoms with Crippen LogP contribution in [0.25, 0.3) is 17.3 Å². The number of benzene rings is 2. The SMILES string of the molecule is COc1ccc(/C=C\C(=O)N2CCN(c3cc(-c4ccc(F)cc4)ncn3)CC2)cc1. The van der Waals surface area contributed by atoms with Crippen LogP contribution in [0.5, 0.6) is 5.75 Å². The van der Waals surface area contributed by atoms with E-state index in [2.05, 4.69) is 14.9 Å². The molecule has 0 bridgehead atoms. The molecule has 4 rings (SSSR count). The molecule has 2 heterocycles. The van der Waals surface area contributed by atoms with Gasteiger partial charge in [0.1, 0.15) is 23.7 Å². The van der Waals surface area contributed by atoms with Gasteiger partial charge >= 0.3 is 0 Å². The number of carbonyl (C=O) groups is 1. The molecular formula is C24H23FN4O2. The summed E-state index contributed by atoms with van der Waals surface area (Å²) in [4.78, 5) is 25.2. The van der Waals surface area contributed by atoms with Crippen molar-refractivity contribution in [2.24, 2.45) is 0 Å². The Balaban J connectivity index is 1.36. The van der Waals surface area contributed by atoms with Gasteiger partial charge in [-0.25, -0.2) is 14.4 Å². The number of ether oxygens (including phenoxy) is 1. The lowest BCUT2D eigenvalue weighted by atomic mass is 10.1. The molecule has 1 aliphatic rings. The predicted octanol–water partition coefficient (Wildman–Crippen LogP) is 3.65. The van der Waals surface area contributed by atoms with Crippen molar-refractivity contribution >= 4 is 17.8 Å². The standard InChI is InChI=1S/C24H23FN4O2/c1-31-21-9-2-18(3-10-21)4-11-24(30)29-14-12-28(13-15-29)23-16-22(26-17-27-23)19-5-7-20(25)8-6-19/h2-11,16-17H,12-15H2,1H3/b11-4-. The predicted molar refractivity (Wildman–Crippen MR) is 118 cm³/mol. The van der Waals surface area contributed by atoms with Gasteiger partial charge in [0.05, 0.1) is 12.8 Å². The van der Waals surface area contributed by atoms with Crippen LogP contribution in [-0.4, -0.2) is 54.1 Å². The number of anilines is 1. The second-order valence-electron chi connectivity index (χ2n) is 7.19. The van der Waals surface area contributed by atoms with Crippen molar-refractivity contribution in [1.29, 1.82) is 0 Å².